The summed E-state index contributed by atoms with van der Waals surface area (Å²) in [6.45, 7) is 0.748. The van der Waals surface area contributed by atoms with Gasteiger partial charge in [0, 0.05) is 17.0 Å². The van der Waals surface area contributed by atoms with E-state index in [0.29, 0.717) is 17.7 Å². The summed E-state index contributed by atoms with van der Waals surface area (Å²) in [6, 6.07) is 10.0. The number of benzene rings is 2. The molecule has 0 spiro atoms. The normalized spacial score (nSPS) is 10.2. The second kappa shape index (κ2) is 9.68. The molecule has 0 aromatic heterocycles. The Labute approximate surface area is 160 Å². The minimum atomic E-state index is -0.773. The number of rotatable bonds is 8. The van der Waals surface area contributed by atoms with Crippen molar-refractivity contribution in [1.29, 1.82) is 0 Å². The fraction of sp³-hybridized carbons (Fsp3) is 0.211. The average Bonchev–Trinajstić information content (AvgIpc) is 2.67. The van der Waals surface area contributed by atoms with Gasteiger partial charge in [0.05, 0.1) is 5.69 Å². The first kappa shape index (κ1) is 20.4. The molecule has 6 nitrogen and oxygen atoms in total. The summed E-state index contributed by atoms with van der Waals surface area (Å²) in [5.41, 5.74) is 0.443. The van der Waals surface area contributed by atoms with Crippen molar-refractivity contribution in [3.63, 3.8) is 0 Å². The smallest absolute Gasteiger partial charge is 0.344 e. The van der Waals surface area contributed by atoms with Crippen molar-refractivity contribution in [3.05, 3.63) is 58.9 Å². The molecule has 0 fully saturated rings. The van der Waals surface area contributed by atoms with Crippen molar-refractivity contribution in [1.82, 2.24) is 0 Å². The molecule has 0 bridgehead atoms. The summed E-state index contributed by atoms with van der Waals surface area (Å²) in [6.07, 6.45) is 0.397. The zero-order valence-electron chi connectivity index (χ0n) is 14.5. The summed E-state index contributed by atoms with van der Waals surface area (Å²) < 4.78 is 23.5. The SMILES string of the molecule is CCC(=O)c1ccc(OCC(=O)OCC(=O)Nc2cc(Cl)ccc2F)cc1. The predicted octanol–water partition coefficient (Wildman–Crippen LogP) is 3.63. The maximum absolute atomic E-state index is 13.5. The molecular weight excluding hydrogens is 377 g/mol. The summed E-state index contributed by atoms with van der Waals surface area (Å²) in [4.78, 5) is 34.9. The quantitative estimate of drug-likeness (QED) is 0.547. The van der Waals surface area contributed by atoms with E-state index in [1.165, 1.54) is 12.1 Å². The third kappa shape index (κ3) is 6.38. The molecule has 0 aliphatic carbocycles. The number of Topliss-reactive ketones (excluding diaryl/α,β-unsaturated/α-hetero) is 1. The molecule has 8 heteroatoms. The molecule has 142 valence electrons. The van der Waals surface area contributed by atoms with Gasteiger partial charge in [-0.2, -0.15) is 0 Å². The van der Waals surface area contributed by atoms with E-state index in [2.05, 4.69) is 5.32 Å². The van der Waals surface area contributed by atoms with Crippen LogP contribution in [0.1, 0.15) is 23.7 Å². The second-order valence-electron chi connectivity index (χ2n) is 5.42. The molecule has 0 radical (unpaired) electrons. The van der Waals surface area contributed by atoms with Crippen molar-refractivity contribution in [2.24, 2.45) is 0 Å². The Morgan fingerprint density at radius 3 is 2.44 bits per heavy atom. The Hall–Kier alpha value is -2.93. The molecule has 2 rings (SSSR count). The van der Waals surface area contributed by atoms with Crippen LogP contribution in [0.5, 0.6) is 5.75 Å². The zero-order chi connectivity index (χ0) is 19.8. The highest BCUT2D eigenvalue weighted by atomic mass is 35.5. The van der Waals surface area contributed by atoms with E-state index in [4.69, 9.17) is 21.1 Å². The number of nitrogens with one attached hydrogen (secondary N) is 1. The van der Waals surface area contributed by atoms with Gasteiger partial charge in [-0.15, -0.1) is 0 Å². The minimum Gasteiger partial charge on any atom is -0.482 e. The molecule has 0 saturated carbocycles. The van der Waals surface area contributed by atoms with E-state index in [9.17, 15) is 18.8 Å². The van der Waals surface area contributed by atoms with Gasteiger partial charge in [0.2, 0.25) is 0 Å². The maximum Gasteiger partial charge on any atom is 0.344 e. The Morgan fingerprint density at radius 1 is 1.07 bits per heavy atom. The lowest BCUT2D eigenvalue weighted by Gasteiger charge is -2.09. The number of esters is 1. The fourth-order valence-electron chi connectivity index (χ4n) is 2.05. The highest BCUT2D eigenvalue weighted by molar-refractivity contribution is 6.30. The van der Waals surface area contributed by atoms with Crippen LogP contribution >= 0.6 is 11.6 Å². The summed E-state index contributed by atoms with van der Waals surface area (Å²) in [7, 11) is 0. The number of hydrogen-bond donors (Lipinski definition) is 1. The number of halogens is 2. The summed E-state index contributed by atoms with van der Waals surface area (Å²) >= 11 is 5.72. The largest absolute Gasteiger partial charge is 0.482 e. The number of ether oxygens (including phenoxy) is 2. The van der Waals surface area contributed by atoms with Gasteiger partial charge in [0.25, 0.3) is 5.91 Å². The monoisotopic (exact) mass is 393 g/mol. The van der Waals surface area contributed by atoms with Crippen LogP contribution < -0.4 is 10.1 Å². The molecule has 0 atom stereocenters. The number of ketones is 1. The lowest BCUT2D eigenvalue weighted by atomic mass is 10.1. The molecule has 27 heavy (non-hydrogen) atoms. The van der Waals surface area contributed by atoms with Gasteiger partial charge in [0.15, 0.2) is 19.0 Å². The predicted molar refractivity (Wildman–Crippen MR) is 97.6 cm³/mol. The molecule has 0 aliphatic heterocycles. The number of carbonyl (C=O) groups excluding carboxylic acids is 3. The van der Waals surface area contributed by atoms with E-state index in [1.807, 2.05) is 0 Å². The van der Waals surface area contributed by atoms with Crippen LogP contribution in [0.2, 0.25) is 5.02 Å². The summed E-state index contributed by atoms with van der Waals surface area (Å²) in [5.74, 6) is -1.77. The Morgan fingerprint density at radius 2 is 1.78 bits per heavy atom. The van der Waals surface area contributed by atoms with Crippen LogP contribution in [0.4, 0.5) is 10.1 Å². The topological polar surface area (TPSA) is 81.7 Å². The zero-order valence-corrected chi connectivity index (χ0v) is 15.2. The number of amides is 1. The number of hydrogen-bond acceptors (Lipinski definition) is 5. The van der Waals surface area contributed by atoms with E-state index in [0.717, 1.165) is 6.07 Å². The molecule has 2 aromatic rings. The van der Waals surface area contributed by atoms with Gasteiger partial charge >= 0.3 is 5.97 Å². The molecular formula is C19H17ClFNO5. The van der Waals surface area contributed by atoms with Crippen molar-refractivity contribution >= 4 is 34.9 Å². The Bertz CT molecular complexity index is 838. The molecule has 1 N–H and O–H groups in total. The summed E-state index contributed by atoms with van der Waals surface area (Å²) in [5, 5.41) is 2.51. The molecule has 0 heterocycles. The van der Waals surface area contributed by atoms with Gasteiger partial charge < -0.3 is 14.8 Å². The van der Waals surface area contributed by atoms with Crippen LogP contribution in [0.25, 0.3) is 0 Å². The lowest BCUT2D eigenvalue weighted by Crippen LogP contribution is -2.24. The van der Waals surface area contributed by atoms with Crippen LogP contribution in [0, 0.1) is 5.82 Å². The fourth-order valence-corrected chi connectivity index (χ4v) is 2.22. The van der Waals surface area contributed by atoms with Gasteiger partial charge in [-0.05, 0) is 42.5 Å². The van der Waals surface area contributed by atoms with Crippen molar-refractivity contribution < 1.29 is 28.2 Å². The number of carbonyl (C=O) groups is 3. The van der Waals surface area contributed by atoms with Gasteiger partial charge in [-0.1, -0.05) is 18.5 Å². The number of anilines is 1. The minimum absolute atomic E-state index is 0.00288. The average molecular weight is 394 g/mol. The lowest BCUT2D eigenvalue weighted by molar-refractivity contribution is -0.149. The van der Waals surface area contributed by atoms with Crippen LogP contribution in [-0.2, 0) is 14.3 Å². The van der Waals surface area contributed by atoms with Gasteiger partial charge in [-0.25, -0.2) is 9.18 Å². The molecule has 1 amide bonds. The van der Waals surface area contributed by atoms with Gasteiger partial charge in [0.1, 0.15) is 11.6 Å². The van der Waals surface area contributed by atoms with E-state index < -0.39 is 30.9 Å². The standard InChI is InChI=1S/C19H17ClFNO5/c1-2-17(23)12-3-6-14(7-4-12)26-11-19(25)27-10-18(24)22-16-9-13(20)5-8-15(16)21/h3-9H,2,10-11H2,1H3,(H,22,24). The molecule has 2 aromatic carbocycles. The highest BCUT2D eigenvalue weighted by Crippen LogP contribution is 2.19. The third-order valence-electron chi connectivity index (χ3n) is 3.42. The van der Waals surface area contributed by atoms with E-state index in [-0.39, 0.29) is 16.5 Å². The van der Waals surface area contributed by atoms with Crippen molar-refractivity contribution in [2.75, 3.05) is 18.5 Å². The van der Waals surface area contributed by atoms with Crippen molar-refractivity contribution in [2.45, 2.75) is 13.3 Å². The first-order valence-corrected chi connectivity index (χ1v) is 8.43. The molecule has 0 saturated heterocycles. The van der Waals surface area contributed by atoms with Crippen LogP contribution in [0.15, 0.2) is 42.5 Å². The molecule has 0 unspecified atom stereocenters. The van der Waals surface area contributed by atoms with E-state index in [1.54, 1.807) is 31.2 Å². The Kier molecular flexibility index (Phi) is 7.31. The van der Waals surface area contributed by atoms with Crippen molar-refractivity contribution in [3.8, 4) is 5.75 Å². The third-order valence-corrected chi connectivity index (χ3v) is 3.66. The highest BCUT2D eigenvalue weighted by Gasteiger charge is 2.11. The van der Waals surface area contributed by atoms with Crippen LogP contribution in [-0.4, -0.2) is 30.9 Å². The Balaban J connectivity index is 1.76. The van der Waals surface area contributed by atoms with E-state index >= 15 is 0 Å². The second-order valence-corrected chi connectivity index (χ2v) is 5.86. The van der Waals surface area contributed by atoms with Gasteiger partial charge in [-0.3, -0.25) is 9.59 Å². The first-order chi connectivity index (χ1) is 12.9. The molecule has 0 aliphatic rings. The van der Waals surface area contributed by atoms with Crippen LogP contribution in [0.3, 0.4) is 0 Å². The maximum atomic E-state index is 13.5. The first-order valence-electron chi connectivity index (χ1n) is 8.05.